The van der Waals surface area contributed by atoms with E-state index in [9.17, 15) is 9.90 Å². The molecule has 5 nitrogen and oxygen atoms in total. The van der Waals surface area contributed by atoms with Gasteiger partial charge in [-0.25, -0.2) is 0 Å². The van der Waals surface area contributed by atoms with Gasteiger partial charge in [0, 0.05) is 11.1 Å². The lowest BCUT2D eigenvalue weighted by atomic mass is 9.90. The van der Waals surface area contributed by atoms with Gasteiger partial charge in [0.1, 0.15) is 0 Å². The first-order chi connectivity index (χ1) is 18.4. The molecule has 1 aromatic heterocycles. The van der Waals surface area contributed by atoms with E-state index >= 15 is 0 Å². The van der Waals surface area contributed by atoms with Crippen LogP contribution in [0.25, 0.3) is 22.5 Å². The zero-order valence-corrected chi connectivity index (χ0v) is 22.3. The number of esters is 1. The number of nitrogens with zero attached hydrogens (tertiary/aromatic N) is 1. The second kappa shape index (κ2) is 11.0. The van der Waals surface area contributed by atoms with Gasteiger partial charge < -0.3 is 14.4 Å². The molecule has 1 aliphatic carbocycles. The van der Waals surface area contributed by atoms with Crippen LogP contribution in [0, 0.1) is 12.8 Å². The average Bonchev–Trinajstić information content (AvgIpc) is 3.68. The van der Waals surface area contributed by atoms with Crippen LogP contribution in [0.3, 0.4) is 0 Å². The minimum atomic E-state index is -0.455. The summed E-state index contributed by atoms with van der Waals surface area (Å²) in [5, 5.41) is 15.1. The minimum Gasteiger partial charge on any atom is -0.465 e. The molecule has 196 valence electrons. The van der Waals surface area contributed by atoms with Crippen molar-refractivity contribution in [2.45, 2.75) is 58.0 Å². The standard InChI is InChI=1S/C33H35NO4/c1-4-37-32(36)33(18-19-33)28-16-14-26(15-17-28)25-10-12-27(13-11-25)31-29(23(3)34-38-31)20-22(2)30(35)21-24-8-6-5-7-9-24/h5-17,22,30,35H,4,18-21H2,1-3H3. The van der Waals surface area contributed by atoms with E-state index in [1.165, 1.54) is 0 Å². The molecule has 4 aromatic rings. The number of hydrogen-bond donors (Lipinski definition) is 1. The molecule has 1 saturated carbocycles. The van der Waals surface area contributed by atoms with E-state index in [0.717, 1.165) is 57.7 Å². The fourth-order valence-corrected chi connectivity index (χ4v) is 5.17. The number of ether oxygens (including phenoxy) is 1. The molecule has 2 atom stereocenters. The van der Waals surface area contributed by atoms with Gasteiger partial charge >= 0.3 is 5.97 Å². The van der Waals surface area contributed by atoms with Crippen molar-refractivity contribution in [1.82, 2.24) is 5.16 Å². The third kappa shape index (κ3) is 5.30. The number of aryl methyl sites for hydroxylation is 1. The predicted molar refractivity (Wildman–Crippen MR) is 149 cm³/mol. The summed E-state index contributed by atoms with van der Waals surface area (Å²) in [5.41, 5.74) is 6.74. The molecule has 38 heavy (non-hydrogen) atoms. The van der Waals surface area contributed by atoms with Crippen LogP contribution < -0.4 is 0 Å². The molecule has 1 aliphatic rings. The van der Waals surface area contributed by atoms with Crippen LogP contribution in [0.1, 0.15) is 49.1 Å². The molecule has 0 radical (unpaired) electrons. The van der Waals surface area contributed by atoms with Crippen molar-refractivity contribution < 1.29 is 19.2 Å². The van der Waals surface area contributed by atoms with Crippen molar-refractivity contribution >= 4 is 5.97 Å². The maximum absolute atomic E-state index is 12.4. The molecule has 1 heterocycles. The molecule has 0 bridgehead atoms. The number of aliphatic hydroxyl groups excluding tert-OH is 1. The van der Waals surface area contributed by atoms with Crippen LogP contribution in [0.4, 0.5) is 0 Å². The molecule has 1 fully saturated rings. The predicted octanol–water partition coefficient (Wildman–Crippen LogP) is 6.69. The molecular formula is C33H35NO4. The highest BCUT2D eigenvalue weighted by Crippen LogP contribution is 2.49. The molecule has 1 N–H and O–H groups in total. The van der Waals surface area contributed by atoms with Gasteiger partial charge in [-0.2, -0.15) is 0 Å². The fourth-order valence-electron chi connectivity index (χ4n) is 5.17. The number of aromatic nitrogens is 1. The largest absolute Gasteiger partial charge is 0.465 e. The van der Waals surface area contributed by atoms with E-state index < -0.39 is 11.5 Å². The first-order valence-corrected chi connectivity index (χ1v) is 13.5. The number of carbonyl (C=O) groups excluding carboxylic acids is 1. The molecule has 5 rings (SSSR count). The molecule has 5 heteroatoms. The summed E-state index contributed by atoms with van der Waals surface area (Å²) in [6.07, 6.45) is 2.55. The summed E-state index contributed by atoms with van der Waals surface area (Å²) < 4.78 is 11.1. The number of aliphatic hydroxyl groups is 1. The smallest absolute Gasteiger partial charge is 0.316 e. The summed E-state index contributed by atoms with van der Waals surface area (Å²) in [6, 6.07) is 26.6. The molecular weight excluding hydrogens is 474 g/mol. The molecule has 3 aromatic carbocycles. The van der Waals surface area contributed by atoms with Crippen LogP contribution in [-0.2, 0) is 27.8 Å². The zero-order chi connectivity index (χ0) is 26.7. The SMILES string of the molecule is CCOC(=O)C1(c2ccc(-c3ccc(-c4onc(C)c4CC(C)C(O)Cc4ccccc4)cc3)cc2)CC1. The van der Waals surface area contributed by atoms with Gasteiger partial charge in [0.15, 0.2) is 5.76 Å². The second-order valence-electron chi connectivity index (χ2n) is 10.5. The van der Waals surface area contributed by atoms with E-state index in [0.29, 0.717) is 19.4 Å². The number of rotatable bonds is 10. The highest BCUT2D eigenvalue weighted by Gasteiger charge is 2.52. The number of hydrogen-bond acceptors (Lipinski definition) is 5. The minimum absolute atomic E-state index is 0.0502. The van der Waals surface area contributed by atoms with E-state index in [2.05, 4.69) is 48.5 Å². The van der Waals surface area contributed by atoms with Gasteiger partial charge in [-0.1, -0.05) is 90.9 Å². The van der Waals surface area contributed by atoms with Gasteiger partial charge in [-0.05, 0) is 67.7 Å². The Balaban J connectivity index is 1.29. The van der Waals surface area contributed by atoms with Crippen molar-refractivity contribution in [2.75, 3.05) is 6.61 Å². The third-order valence-corrected chi connectivity index (χ3v) is 7.79. The van der Waals surface area contributed by atoms with Crippen LogP contribution in [0.2, 0.25) is 0 Å². The van der Waals surface area contributed by atoms with Gasteiger partial charge in [0.05, 0.1) is 23.8 Å². The summed E-state index contributed by atoms with van der Waals surface area (Å²) in [4.78, 5) is 12.4. The zero-order valence-electron chi connectivity index (χ0n) is 22.3. The number of carbonyl (C=O) groups is 1. The molecule has 2 unspecified atom stereocenters. The van der Waals surface area contributed by atoms with Crippen molar-refractivity contribution in [1.29, 1.82) is 0 Å². The van der Waals surface area contributed by atoms with E-state index in [1.54, 1.807) is 0 Å². The van der Waals surface area contributed by atoms with Crippen molar-refractivity contribution in [2.24, 2.45) is 5.92 Å². The quantitative estimate of drug-likeness (QED) is 0.241. The van der Waals surface area contributed by atoms with E-state index in [1.807, 2.05) is 56.3 Å². The fraction of sp³-hybridized carbons (Fsp3) is 0.333. The molecule has 0 saturated heterocycles. The summed E-state index contributed by atoms with van der Waals surface area (Å²) in [5.74, 6) is 0.694. The van der Waals surface area contributed by atoms with E-state index in [-0.39, 0.29) is 11.9 Å². The maximum atomic E-state index is 12.4. The third-order valence-electron chi connectivity index (χ3n) is 7.79. The normalized spacial score (nSPS) is 15.6. The number of benzene rings is 3. The van der Waals surface area contributed by atoms with Crippen LogP contribution in [-0.4, -0.2) is 28.9 Å². The van der Waals surface area contributed by atoms with E-state index in [4.69, 9.17) is 9.26 Å². The van der Waals surface area contributed by atoms with Crippen molar-refractivity contribution in [3.63, 3.8) is 0 Å². The summed E-state index contributed by atoms with van der Waals surface area (Å²) in [7, 11) is 0. The monoisotopic (exact) mass is 509 g/mol. The lowest BCUT2D eigenvalue weighted by molar-refractivity contribution is -0.146. The lowest BCUT2D eigenvalue weighted by Gasteiger charge is -2.19. The van der Waals surface area contributed by atoms with Crippen LogP contribution in [0.5, 0.6) is 0 Å². The van der Waals surface area contributed by atoms with Crippen LogP contribution >= 0.6 is 0 Å². The van der Waals surface area contributed by atoms with Gasteiger partial charge in [-0.3, -0.25) is 4.79 Å². The Labute approximate surface area is 224 Å². The molecule has 0 aliphatic heterocycles. The summed E-state index contributed by atoms with van der Waals surface area (Å²) in [6.45, 7) is 6.28. The Morgan fingerprint density at radius 1 is 0.947 bits per heavy atom. The van der Waals surface area contributed by atoms with Gasteiger partial charge in [0.25, 0.3) is 0 Å². The first kappa shape index (κ1) is 25.9. The summed E-state index contributed by atoms with van der Waals surface area (Å²) >= 11 is 0. The topological polar surface area (TPSA) is 72.6 Å². The van der Waals surface area contributed by atoms with Gasteiger partial charge in [0.2, 0.25) is 0 Å². The van der Waals surface area contributed by atoms with Crippen LogP contribution in [0.15, 0.2) is 83.4 Å². The Morgan fingerprint density at radius 3 is 2.16 bits per heavy atom. The Bertz CT molecular complexity index is 1370. The second-order valence-corrected chi connectivity index (χ2v) is 10.5. The molecule has 0 spiro atoms. The van der Waals surface area contributed by atoms with Crippen molar-refractivity contribution in [3.8, 4) is 22.5 Å². The average molecular weight is 510 g/mol. The van der Waals surface area contributed by atoms with Crippen molar-refractivity contribution in [3.05, 3.63) is 101 Å². The Hall–Kier alpha value is -3.70. The van der Waals surface area contributed by atoms with Gasteiger partial charge in [-0.15, -0.1) is 0 Å². The lowest BCUT2D eigenvalue weighted by Crippen LogP contribution is -2.23. The first-order valence-electron chi connectivity index (χ1n) is 13.5. The Kier molecular flexibility index (Phi) is 7.48. The Morgan fingerprint density at radius 2 is 1.55 bits per heavy atom. The highest BCUT2D eigenvalue weighted by atomic mass is 16.5. The highest BCUT2D eigenvalue weighted by molar-refractivity contribution is 5.87. The maximum Gasteiger partial charge on any atom is 0.316 e. The molecule has 0 amide bonds.